The van der Waals surface area contributed by atoms with Crippen LogP contribution in [-0.4, -0.2) is 25.5 Å². The van der Waals surface area contributed by atoms with Crippen LogP contribution >= 0.6 is 11.3 Å². The molecule has 1 aromatic carbocycles. The van der Waals surface area contributed by atoms with Crippen LogP contribution in [0.4, 0.5) is 5.69 Å². The van der Waals surface area contributed by atoms with Crippen molar-refractivity contribution >= 4 is 38.8 Å². The van der Waals surface area contributed by atoms with Crippen molar-refractivity contribution in [2.75, 3.05) is 5.32 Å². The minimum absolute atomic E-state index is 0.244. The molecule has 3 aromatic heterocycles. The molecule has 7 heteroatoms. The lowest BCUT2D eigenvalue weighted by Crippen LogP contribution is -2.12. The van der Waals surface area contributed by atoms with Gasteiger partial charge >= 0.3 is 0 Å². The molecule has 1 amide bonds. The fourth-order valence-corrected chi connectivity index (χ4v) is 3.07. The number of benzene rings is 1. The molecular formula is C15H11N5OS. The minimum atomic E-state index is -0.244. The van der Waals surface area contributed by atoms with Gasteiger partial charge in [-0.15, -0.1) is 11.3 Å². The van der Waals surface area contributed by atoms with Gasteiger partial charge in [0.1, 0.15) is 0 Å². The predicted molar refractivity (Wildman–Crippen MR) is 85.3 cm³/mol. The molecule has 0 aliphatic heterocycles. The number of aryl methyl sites for hydroxylation is 1. The van der Waals surface area contributed by atoms with E-state index in [1.54, 1.807) is 16.9 Å². The predicted octanol–water partition coefficient (Wildman–Crippen LogP) is 2.90. The second kappa shape index (κ2) is 4.88. The second-order valence-corrected chi connectivity index (χ2v) is 5.90. The highest BCUT2D eigenvalue weighted by Gasteiger charge is 2.13. The second-order valence-electron chi connectivity index (χ2n) is 4.87. The Morgan fingerprint density at radius 2 is 2.18 bits per heavy atom. The average molecular weight is 309 g/mol. The first-order valence-corrected chi connectivity index (χ1v) is 7.50. The van der Waals surface area contributed by atoms with Crippen LogP contribution in [0.2, 0.25) is 0 Å². The normalized spacial score (nSPS) is 11.1. The summed E-state index contributed by atoms with van der Waals surface area (Å²) in [7, 11) is 0. The van der Waals surface area contributed by atoms with Crippen LogP contribution in [0.15, 0.2) is 42.7 Å². The van der Waals surface area contributed by atoms with Gasteiger partial charge in [-0.2, -0.15) is 5.10 Å². The fraction of sp³-hybridized carbons (Fsp3) is 0.0667. The van der Waals surface area contributed by atoms with Gasteiger partial charge in [0.25, 0.3) is 5.91 Å². The van der Waals surface area contributed by atoms with Crippen molar-refractivity contribution in [2.24, 2.45) is 0 Å². The van der Waals surface area contributed by atoms with Crippen LogP contribution in [0.25, 0.3) is 15.9 Å². The Morgan fingerprint density at radius 1 is 1.32 bits per heavy atom. The van der Waals surface area contributed by atoms with Gasteiger partial charge < -0.3 is 5.32 Å². The lowest BCUT2D eigenvalue weighted by atomic mass is 10.3. The van der Waals surface area contributed by atoms with Gasteiger partial charge in [-0.05, 0) is 19.1 Å². The molecule has 4 aromatic rings. The molecule has 0 saturated heterocycles. The molecule has 0 spiro atoms. The third-order valence-electron chi connectivity index (χ3n) is 3.18. The number of hydrogen-bond acceptors (Lipinski definition) is 5. The SMILES string of the molecule is Cc1cc2ncc(NC(=O)c3nc4ccccc4s3)cn2n1. The summed E-state index contributed by atoms with van der Waals surface area (Å²) >= 11 is 1.37. The Balaban J connectivity index is 1.64. The maximum atomic E-state index is 12.3. The zero-order valence-corrected chi connectivity index (χ0v) is 12.5. The molecule has 22 heavy (non-hydrogen) atoms. The number of para-hydroxylation sites is 1. The number of thiazole rings is 1. The number of carbonyl (C=O) groups is 1. The molecule has 108 valence electrons. The van der Waals surface area contributed by atoms with Crippen molar-refractivity contribution in [3.63, 3.8) is 0 Å². The summed E-state index contributed by atoms with van der Waals surface area (Å²) in [6, 6.07) is 9.55. The van der Waals surface area contributed by atoms with Gasteiger partial charge in [0.05, 0.1) is 34.0 Å². The molecule has 0 aliphatic carbocycles. The van der Waals surface area contributed by atoms with E-state index in [-0.39, 0.29) is 5.91 Å². The van der Waals surface area contributed by atoms with Crippen LogP contribution in [0.1, 0.15) is 15.5 Å². The number of amides is 1. The van der Waals surface area contributed by atoms with Crippen molar-refractivity contribution < 1.29 is 4.79 Å². The molecule has 0 fully saturated rings. The first-order valence-electron chi connectivity index (χ1n) is 6.68. The maximum absolute atomic E-state index is 12.3. The van der Waals surface area contributed by atoms with Crippen molar-refractivity contribution in [3.8, 4) is 0 Å². The molecule has 1 N–H and O–H groups in total. The van der Waals surface area contributed by atoms with E-state index in [0.29, 0.717) is 10.7 Å². The topological polar surface area (TPSA) is 72.2 Å². The summed E-state index contributed by atoms with van der Waals surface area (Å²) in [4.78, 5) is 20.9. The number of anilines is 1. The zero-order chi connectivity index (χ0) is 15.1. The molecule has 0 bridgehead atoms. The first kappa shape index (κ1) is 12.9. The van der Waals surface area contributed by atoms with Crippen LogP contribution in [0.3, 0.4) is 0 Å². The van der Waals surface area contributed by atoms with Gasteiger partial charge in [-0.25, -0.2) is 14.5 Å². The first-order chi connectivity index (χ1) is 10.7. The number of aromatic nitrogens is 4. The van der Waals surface area contributed by atoms with Crippen molar-refractivity contribution in [1.29, 1.82) is 0 Å². The molecule has 0 aliphatic rings. The van der Waals surface area contributed by atoms with Crippen molar-refractivity contribution in [1.82, 2.24) is 19.6 Å². The van der Waals surface area contributed by atoms with Crippen LogP contribution in [0.5, 0.6) is 0 Å². The van der Waals surface area contributed by atoms with E-state index in [2.05, 4.69) is 20.4 Å². The standard InChI is InChI=1S/C15H11N5OS/c1-9-6-13-16-7-10(8-20(13)19-9)17-14(21)15-18-11-4-2-3-5-12(11)22-15/h2-8H,1H3,(H,17,21). The molecular weight excluding hydrogens is 298 g/mol. The van der Waals surface area contributed by atoms with E-state index in [0.717, 1.165) is 21.6 Å². The Kier molecular flexibility index (Phi) is 2.87. The Labute approximate surface area is 129 Å². The van der Waals surface area contributed by atoms with Crippen molar-refractivity contribution in [2.45, 2.75) is 6.92 Å². The molecule has 0 radical (unpaired) electrons. The maximum Gasteiger partial charge on any atom is 0.284 e. The fourth-order valence-electron chi connectivity index (χ4n) is 2.21. The van der Waals surface area contributed by atoms with E-state index >= 15 is 0 Å². The average Bonchev–Trinajstić information content (AvgIpc) is 3.08. The summed E-state index contributed by atoms with van der Waals surface area (Å²) in [5.74, 6) is -0.244. The van der Waals surface area contributed by atoms with E-state index in [9.17, 15) is 4.79 Å². The van der Waals surface area contributed by atoms with Gasteiger partial charge in [-0.3, -0.25) is 4.79 Å². The highest BCUT2D eigenvalue weighted by molar-refractivity contribution is 7.20. The Morgan fingerprint density at radius 3 is 3.05 bits per heavy atom. The van der Waals surface area contributed by atoms with E-state index in [1.807, 2.05) is 37.3 Å². The van der Waals surface area contributed by atoms with E-state index in [4.69, 9.17) is 0 Å². The third-order valence-corrected chi connectivity index (χ3v) is 4.22. The summed E-state index contributed by atoms with van der Waals surface area (Å²) in [5.41, 5.74) is 3.03. The Bertz CT molecular complexity index is 970. The van der Waals surface area contributed by atoms with Crippen LogP contribution in [0, 0.1) is 6.92 Å². The highest BCUT2D eigenvalue weighted by Crippen LogP contribution is 2.22. The number of rotatable bonds is 2. The lowest BCUT2D eigenvalue weighted by molar-refractivity contribution is 0.102. The summed E-state index contributed by atoms with van der Waals surface area (Å²) in [6.07, 6.45) is 3.35. The quantitative estimate of drug-likeness (QED) is 0.618. The monoisotopic (exact) mass is 309 g/mol. The largest absolute Gasteiger partial charge is 0.317 e. The number of fused-ring (bicyclic) bond motifs is 2. The number of nitrogens with zero attached hydrogens (tertiary/aromatic N) is 4. The Hall–Kier alpha value is -2.80. The summed E-state index contributed by atoms with van der Waals surface area (Å²) in [5, 5.41) is 7.51. The molecule has 3 heterocycles. The van der Waals surface area contributed by atoms with Gasteiger partial charge in [0.15, 0.2) is 10.7 Å². The third kappa shape index (κ3) is 2.21. The zero-order valence-electron chi connectivity index (χ0n) is 11.6. The molecule has 4 rings (SSSR count). The van der Waals surface area contributed by atoms with Gasteiger partial charge in [0.2, 0.25) is 0 Å². The van der Waals surface area contributed by atoms with Crippen molar-refractivity contribution in [3.05, 3.63) is 53.4 Å². The van der Waals surface area contributed by atoms with E-state index < -0.39 is 0 Å². The number of nitrogens with one attached hydrogen (secondary N) is 1. The molecule has 0 saturated carbocycles. The molecule has 0 unspecified atom stereocenters. The van der Waals surface area contributed by atoms with Crippen LogP contribution < -0.4 is 5.32 Å². The number of hydrogen-bond donors (Lipinski definition) is 1. The number of carbonyl (C=O) groups excluding carboxylic acids is 1. The molecule has 6 nitrogen and oxygen atoms in total. The smallest absolute Gasteiger partial charge is 0.284 e. The van der Waals surface area contributed by atoms with E-state index in [1.165, 1.54) is 11.3 Å². The van der Waals surface area contributed by atoms with Gasteiger partial charge in [0, 0.05) is 6.07 Å². The summed E-state index contributed by atoms with van der Waals surface area (Å²) < 4.78 is 2.63. The molecule has 0 atom stereocenters. The van der Waals surface area contributed by atoms with Gasteiger partial charge in [-0.1, -0.05) is 12.1 Å². The highest BCUT2D eigenvalue weighted by atomic mass is 32.1. The minimum Gasteiger partial charge on any atom is -0.317 e. The lowest BCUT2D eigenvalue weighted by Gasteiger charge is -2.02. The summed E-state index contributed by atoms with van der Waals surface area (Å²) in [6.45, 7) is 1.90. The van der Waals surface area contributed by atoms with Crippen LogP contribution in [-0.2, 0) is 0 Å².